The molecule has 0 aromatic heterocycles. The van der Waals surface area contributed by atoms with Gasteiger partial charge in [-0.15, -0.1) is 6.58 Å². The lowest BCUT2D eigenvalue weighted by Gasteiger charge is -2.44. The molecule has 2 saturated carbocycles. The Morgan fingerprint density at radius 2 is 1.67 bits per heavy atom. The molecule has 2 aliphatic rings. The summed E-state index contributed by atoms with van der Waals surface area (Å²) < 4.78 is 6.27. The zero-order chi connectivity index (χ0) is 25.4. The van der Waals surface area contributed by atoms with Crippen LogP contribution in [-0.4, -0.2) is 38.1 Å². The summed E-state index contributed by atoms with van der Waals surface area (Å²) in [4.78, 5) is 28.0. The van der Waals surface area contributed by atoms with Gasteiger partial charge in [0.2, 0.25) is 5.91 Å². The molecular weight excluding hydrogens is 448 g/mol. The number of carbonyl (C=O) groups excluding carboxylic acids is 2. The summed E-state index contributed by atoms with van der Waals surface area (Å²) >= 11 is 0. The molecule has 0 heterocycles. The molecule has 0 aliphatic heterocycles. The number of nitrogens with one attached hydrogen (secondary N) is 1. The summed E-state index contributed by atoms with van der Waals surface area (Å²) in [6.45, 7) is 4.97. The highest BCUT2D eigenvalue weighted by Gasteiger charge is 2.47. The van der Waals surface area contributed by atoms with Crippen LogP contribution in [0.3, 0.4) is 0 Å². The smallest absolute Gasteiger partial charge is 0.316 e. The predicted octanol–water partition coefficient (Wildman–Crippen LogP) is 5.66. The van der Waals surface area contributed by atoms with Crippen molar-refractivity contribution in [2.45, 2.75) is 62.9 Å². The molecule has 0 radical (unpaired) electrons. The quantitative estimate of drug-likeness (QED) is 0.203. The van der Waals surface area contributed by atoms with E-state index >= 15 is 0 Å². The molecule has 2 fully saturated rings. The summed E-state index contributed by atoms with van der Waals surface area (Å²) in [7, 11) is 1.80. The normalized spacial score (nSPS) is 23.1. The molecule has 3 atom stereocenters. The van der Waals surface area contributed by atoms with Gasteiger partial charge in [0.15, 0.2) is 0 Å². The van der Waals surface area contributed by atoms with E-state index in [1.54, 1.807) is 11.9 Å². The molecule has 1 N–H and O–H groups in total. The molecule has 5 nitrogen and oxygen atoms in total. The second-order valence-corrected chi connectivity index (χ2v) is 10.4. The Morgan fingerprint density at radius 3 is 2.31 bits per heavy atom. The van der Waals surface area contributed by atoms with Gasteiger partial charge in [0.1, 0.15) is 6.10 Å². The van der Waals surface area contributed by atoms with Crippen molar-refractivity contribution in [2.24, 2.45) is 11.8 Å². The first-order valence-electron chi connectivity index (χ1n) is 13.5. The number of amides is 1. The molecular formula is C31H40N2O3. The summed E-state index contributed by atoms with van der Waals surface area (Å²) in [5, 5.41) is 3.29. The minimum absolute atomic E-state index is 0.0243. The van der Waals surface area contributed by atoms with Crippen molar-refractivity contribution in [3.63, 3.8) is 0 Å². The van der Waals surface area contributed by atoms with Crippen LogP contribution in [0.5, 0.6) is 0 Å². The third-order valence-corrected chi connectivity index (χ3v) is 8.22. The molecule has 5 heteroatoms. The third kappa shape index (κ3) is 5.89. The van der Waals surface area contributed by atoms with E-state index in [0.29, 0.717) is 12.5 Å². The monoisotopic (exact) mass is 488 g/mol. The van der Waals surface area contributed by atoms with Gasteiger partial charge in [-0.2, -0.15) is 0 Å². The first-order chi connectivity index (χ1) is 17.5. The number of rotatable bonds is 10. The van der Waals surface area contributed by atoms with E-state index in [0.717, 1.165) is 49.8 Å². The Bertz CT molecular complexity index is 999. The Hall–Kier alpha value is -2.92. The van der Waals surface area contributed by atoms with Crippen LogP contribution in [0.1, 0.15) is 56.9 Å². The van der Waals surface area contributed by atoms with Gasteiger partial charge in [-0.25, -0.2) is 0 Å². The van der Waals surface area contributed by atoms with Crippen LogP contribution < -0.4 is 10.2 Å². The molecule has 36 heavy (non-hydrogen) atoms. The second-order valence-electron chi connectivity index (χ2n) is 10.4. The SMILES string of the molecule is C=CC1C[C@H](OC(=O)C2(c3ccccc3)CCCCCC2)C1CCNCC(=O)N(C)c1ccccc1. The molecule has 2 unspecified atom stereocenters. The van der Waals surface area contributed by atoms with Crippen LogP contribution in [0, 0.1) is 11.8 Å². The van der Waals surface area contributed by atoms with Crippen LogP contribution in [0.15, 0.2) is 73.3 Å². The van der Waals surface area contributed by atoms with Gasteiger partial charge in [-0.1, -0.05) is 80.3 Å². The molecule has 192 valence electrons. The maximum absolute atomic E-state index is 13.7. The fourth-order valence-electron chi connectivity index (χ4n) is 5.83. The topological polar surface area (TPSA) is 58.6 Å². The largest absolute Gasteiger partial charge is 0.461 e. The van der Waals surface area contributed by atoms with Gasteiger partial charge in [0.05, 0.1) is 12.0 Å². The predicted molar refractivity (Wildman–Crippen MR) is 145 cm³/mol. The molecule has 2 aliphatic carbocycles. The van der Waals surface area contributed by atoms with E-state index in [1.165, 1.54) is 12.8 Å². The number of anilines is 1. The number of benzene rings is 2. The molecule has 0 saturated heterocycles. The first kappa shape index (κ1) is 26.2. The van der Waals surface area contributed by atoms with Gasteiger partial charge in [0, 0.05) is 18.7 Å². The Kier molecular flexibility index (Phi) is 8.98. The number of likely N-dealkylation sites (N-methyl/N-ethyl adjacent to an activating group) is 1. The third-order valence-electron chi connectivity index (χ3n) is 8.22. The summed E-state index contributed by atoms with van der Waals surface area (Å²) in [6.07, 6.45) is 9.76. The number of esters is 1. The first-order valence-corrected chi connectivity index (χ1v) is 13.5. The number of hydrogen-bond donors (Lipinski definition) is 1. The van der Waals surface area contributed by atoms with E-state index in [4.69, 9.17) is 4.74 Å². The van der Waals surface area contributed by atoms with Crippen molar-refractivity contribution >= 4 is 17.6 Å². The zero-order valence-electron chi connectivity index (χ0n) is 21.5. The Labute approximate surface area is 215 Å². The van der Waals surface area contributed by atoms with Crippen LogP contribution in [0.2, 0.25) is 0 Å². The standard InChI is InChI=1S/C31H40N2O3/c1-3-24-22-28(27(24)18-21-32-23-29(34)33(2)26-16-10-7-11-17-26)36-30(35)31(19-12-4-5-13-20-31)25-14-8-6-9-15-25/h3,6-11,14-17,24,27-28,32H,1,4-5,12-13,18-23H2,2H3/t24?,27?,28-/m0/s1. The number of para-hydroxylation sites is 1. The van der Waals surface area contributed by atoms with Gasteiger partial charge < -0.3 is 15.0 Å². The minimum atomic E-state index is -0.533. The highest BCUT2D eigenvalue weighted by atomic mass is 16.5. The lowest BCUT2D eigenvalue weighted by atomic mass is 9.68. The molecule has 1 amide bonds. The number of nitrogens with zero attached hydrogens (tertiary/aromatic N) is 1. The van der Waals surface area contributed by atoms with E-state index in [9.17, 15) is 9.59 Å². The van der Waals surface area contributed by atoms with E-state index in [-0.39, 0.29) is 30.4 Å². The summed E-state index contributed by atoms with van der Waals surface area (Å²) in [5.41, 5.74) is 1.44. The second kappa shape index (κ2) is 12.4. The number of ether oxygens (including phenoxy) is 1. The average Bonchev–Trinajstić information content (AvgIpc) is 3.18. The summed E-state index contributed by atoms with van der Waals surface area (Å²) in [6, 6.07) is 19.9. The van der Waals surface area contributed by atoms with Crippen molar-refractivity contribution in [1.82, 2.24) is 5.32 Å². The van der Waals surface area contributed by atoms with Gasteiger partial charge in [-0.05, 0) is 55.8 Å². The van der Waals surface area contributed by atoms with Crippen LogP contribution >= 0.6 is 0 Å². The highest BCUT2D eigenvalue weighted by Crippen LogP contribution is 2.44. The lowest BCUT2D eigenvalue weighted by molar-refractivity contribution is -0.169. The van der Waals surface area contributed by atoms with Crippen LogP contribution in [0.25, 0.3) is 0 Å². The van der Waals surface area contributed by atoms with Crippen LogP contribution in [-0.2, 0) is 19.7 Å². The maximum Gasteiger partial charge on any atom is 0.316 e. The van der Waals surface area contributed by atoms with Crippen molar-refractivity contribution < 1.29 is 14.3 Å². The van der Waals surface area contributed by atoms with Gasteiger partial charge in [0.25, 0.3) is 0 Å². The van der Waals surface area contributed by atoms with E-state index in [2.05, 4.69) is 24.0 Å². The Morgan fingerprint density at radius 1 is 1.03 bits per heavy atom. The average molecular weight is 489 g/mol. The van der Waals surface area contributed by atoms with E-state index in [1.807, 2.05) is 54.6 Å². The fourth-order valence-corrected chi connectivity index (χ4v) is 5.83. The van der Waals surface area contributed by atoms with Crippen molar-refractivity contribution in [3.05, 3.63) is 78.9 Å². The minimum Gasteiger partial charge on any atom is -0.461 e. The molecule has 0 bridgehead atoms. The van der Waals surface area contributed by atoms with Gasteiger partial charge >= 0.3 is 5.97 Å². The fraction of sp³-hybridized carbons (Fsp3) is 0.484. The Balaban J connectivity index is 1.33. The van der Waals surface area contributed by atoms with Crippen molar-refractivity contribution in [1.29, 1.82) is 0 Å². The molecule has 0 spiro atoms. The van der Waals surface area contributed by atoms with Gasteiger partial charge in [-0.3, -0.25) is 9.59 Å². The van der Waals surface area contributed by atoms with E-state index < -0.39 is 5.41 Å². The van der Waals surface area contributed by atoms with Crippen molar-refractivity contribution in [3.8, 4) is 0 Å². The maximum atomic E-state index is 13.7. The summed E-state index contributed by atoms with van der Waals surface area (Å²) in [5.74, 6) is 0.547. The number of hydrogen-bond acceptors (Lipinski definition) is 4. The lowest BCUT2D eigenvalue weighted by Crippen LogP contribution is -2.48. The molecule has 2 aromatic carbocycles. The molecule has 2 aromatic rings. The number of allylic oxidation sites excluding steroid dienone is 1. The van der Waals surface area contributed by atoms with Crippen LogP contribution in [0.4, 0.5) is 5.69 Å². The molecule has 4 rings (SSSR count). The highest BCUT2D eigenvalue weighted by molar-refractivity contribution is 5.94. The number of carbonyl (C=O) groups is 2. The van der Waals surface area contributed by atoms with Crippen molar-refractivity contribution in [2.75, 3.05) is 25.0 Å². The zero-order valence-corrected chi connectivity index (χ0v) is 21.5.